The van der Waals surface area contributed by atoms with Gasteiger partial charge in [-0.15, -0.1) is 11.3 Å². The first-order chi connectivity index (χ1) is 28.7. The monoisotopic (exact) mass is 756 g/mol. The van der Waals surface area contributed by atoms with Crippen molar-refractivity contribution in [3.63, 3.8) is 0 Å². The molecule has 4 aromatic heterocycles. The Morgan fingerprint density at radius 3 is 1.71 bits per heavy atom. The molecule has 0 radical (unpaired) electrons. The highest BCUT2D eigenvalue weighted by atomic mass is 32.1. The molecular formula is C54H32N2OS. The molecule has 13 rings (SSSR count). The van der Waals surface area contributed by atoms with Gasteiger partial charge in [-0.05, 0) is 113 Å². The number of furan rings is 1. The summed E-state index contributed by atoms with van der Waals surface area (Å²) < 4.78 is 14.0. The number of rotatable bonds is 4. The molecule has 0 aliphatic heterocycles. The number of hydrogen-bond acceptors (Lipinski definition) is 2. The summed E-state index contributed by atoms with van der Waals surface area (Å²) in [7, 11) is 0. The molecule has 0 aliphatic carbocycles. The highest BCUT2D eigenvalue weighted by Gasteiger charge is 2.19. The van der Waals surface area contributed by atoms with Gasteiger partial charge in [0, 0.05) is 63.9 Å². The molecule has 0 aliphatic rings. The van der Waals surface area contributed by atoms with Crippen molar-refractivity contribution in [2.24, 2.45) is 0 Å². The van der Waals surface area contributed by atoms with E-state index >= 15 is 0 Å². The maximum atomic E-state index is 6.58. The highest BCUT2D eigenvalue weighted by molar-refractivity contribution is 7.25. The van der Waals surface area contributed by atoms with Crippen LogP contribution in [0.2, 0.25) is 0 Å². The number of fused-ring (bicyclic) bond motifs is 12. The molecule has 0 bridgehead atoms. The number of hydrogen-bond donors (Lipinski definition) is 0. The molecule has 0 N–H and O–H groups in total. The van der Waals surface area contributed by atoms with Crippen LogP contribution in [-0.2, 0) is 0 Å². The van der Waals surface area contributed by atoms with E-state index in [1.54, 1.807) is 0 Å². The Labute approximate surface area is 336 Å². The molecule has 58 heavy (non-hydrogen) atoms. The van der Waals surface area contributed by atoms with E-state index in [0.717, 1.165) is 38.9 Å². The van der Waals surface area contributed by atoms with Crippen LogP contribution in [0.15, 0.2) is 199 Å². The van der Waals surface area contributed by atoms with E-state index in [1.165, 1.54) is 80.5 Å². The number of nitrogens with zero attached hydrogens (tertiary/aromatic N) is 2. The van der Waals surface area contributed by atoms with E-state index in [2.05, 4.69) is 203 Å². The van der Waals surface area contributed by atoms with Gasteiger partial charge in [0.25, 0.3) is 0 Å². The Kier molecular flexibility index (Phi) is 6.60. The standard InChI is InChI=1S/C54H32N2OS/c1-3-12-36(13-4-1)55-46-19-9-7-16-39(46)41-28-33(22-25-47(41)55)34-24-27-50-45(29-34)54-38(18-11-20-51(54)57-50)35-23-26-48-42(30-35)43-31-44-40-17-8-10-21-52(40)58-53(44)32-49(43)56(48)37-14-5-2-6-15-37/h1-32H. The third-order valence-corrected chi connectivity index (χ3v) is 13.2. The van der Waals surface area contributed by atoms with E-state index in [0.29, 0.717) is 0 Å². The second-order valence-corrected chi connectivity index (χ2v) is 16.4. The van der Waals surface area contributed by atoms with Crippen molar-refractivity contribution >= 4 is 97.1 Å². The molecule has 0 saturated carbocycles. The molecule has 0 saturated heterocycles. The van der Waals surface area contributed by atoms with Crippen LogP contribution in [0.25, 0.3) is 119 Å². The van der Waals surface area contributed by atoms with Crippen LogP contribution in [0.1, 0.15) is 0 Å². The average Bonchev–Trinajstić information content (AvgIpc) is 4.03. The van der Waals surface area contributed by atoms with Crippen LogP contribution in [-0.4, -0.2) is 9.13 Å². The third kappa shape index (κ3) is 4.55. The van der Waals surface area contributed by atoms with E-state index in [1.807, 2.05) is 11.3 Å². The van der Waals surface area contributed by atoms with E-state index < -0.39 is 0 Å². The number of thiophene rings is 1. The molecule has 3 nitrogen and oxygen atoms in total. The normalized spacial score (nSPS) is 12.1. The molecule has 13 aromatic rings. The summed E-state index contributed by atoms with van der Waals surface area (Å²) in [5.41, 5.74) is 13.6. The topological polar surface area (TPSA) is 23.0 Å². The van der Waals surface area contributed by atoms with E-state index in [4.69, 9.17) is 4.42 Å². The van der Waals surface area contributed by atoms with Gasteiger partial charge >= 0.3 is 0 Å². The number of benzene rings is 9. The molecule has 0 unspecified atom stereocenters. The van der Waals surface area contributed by atoms with Crippen LogP contribution < -0.4 is 0 Å². The van der Waals surface area contributed by atoms with Crippen LogP contribution in [0.5, 0.6) is 0 Å². The first-order valence-corrected chi connectivity index (χ1v) is 20.6. The molecule has 4 heteroatoms. The minimum Gasteiger partial charge on any atom is -0.456 e. The van der Waals surface area contributed by atoms with Gasteiger partial charge in [0.05, 0.1) is 22.1 Å². The lowest BCUT2D eigenvalue weighted by atomic mass is 9.96. The predicted molar refractivity (Wildman–Crippen MR) is 246 cm³/mol. The Balaban J connectivity index is 1.01. The van der Waals surface area contributed by atoms with Gasteiger partial charge in [-0.1, -0.05) is 103 Å². The van der Waals surface area contributed by atoms with Crippen LogP contribution in [0.4, 0.5) is 0 Å². The van der Waals surface area contributed by atoms with E-state index in [-0.39, 0.29) is 0 Å². The average molecular weight is 757 g/mol. The van der Waals surface area contributed by atoms with Crippen molar-refractivity contribution in [2.75, 3.05) is 0 Å². The molecular weight excluding hydrogens is 725 g/mol. The fourth-order valence-corrected chi connectivity index (χ4v) is 10.6. The fraction of sp³-hybridized carbons (Fsp3) is 0. The predicted octanol–water partition coefficient (Wildman–Crippen LogP) is 15.5. The number of para-hydroxylation sites is 3. The van der Waals surface area contributed by atoms with Crippen molar-refractivity contribution in [1.29, 1.82) is 0 Å². The minimum atomic E-state index is 0.890. The number of aromatic nitrogens is 2. The zero-order chi connectivity index (χ0) is 37.9. The first kappa shape index (κ1) is 31.8. The van der Waals surface area contributed by atoms with Crippen molar-refractivity contribution in [1.82, 2.24) is 9.13 Å². The van der Waals surface area contributed by atoms with Gasteiger partial charge in [0.2, 0.25) is 0 Å². The third-order valence-electron chi connectivity index (χ3n) is 12.1. The fourth-order valence-electron chi connectivity index (χ4n) is 9.52. The molecule has 9 aromatic carbocycles. The van der Waals surface area contributed by atoms with Crippen LogP contribution in [0.3, 0.4) is 0 Å². The molecule has 4 heterocycles. The summed E-state index contributed by atoms with van der Waals surface area (Å²) in [6, 6.07) is 70.7. The smallest absolute Gasteiger partial charge is 0.136 e. The SMILES string of the molecule is c1ccc(-n2c3ccccc3c3cc(-c4ccc5oc6cccc(-c7ccc8c(c7)c7cc9c(cc7n8-c7ccccc7)sc7ccccc79)c6c5c4)ccc32)cc1. The van der Waals surface area contributed by atoms with Gasteiger partial charge in [-0.3, -0.25) is 0 Å². The first-order valence-electron chi connectivity index (χ1n) is 19.7. The summed E-state index contributed by atoms with van der Waals surface area (Å²) in [5.74, 6) is 0. The largest absolute Gasteiger partial charge is 0.456 e. The zero-order valence-electron chi connectivity index (χ0n) is 31.2. The van der Waals surface area contributed by atoms with Crippen molar-refractivity contribution in [2.45, 2.75) is 0 Å². The minimum absolute atomic E-state index is 0.890. The summed E-state index contributed by atoms with van der Waals surface area (Å²) in [4.78, 5) is 0. The molecule has 0 fully saturated rings. The molecule has 0 atom stereocenters. The van der Waals surface area contributed by atoms with Crippen molar-refractivity contribution in [3.8, 4) is 33.6 Å². The lowest BCUT2D eigenvalue weighted by Crippen LogP contribution is -1.93. The second kappa shape index (κ2) is 12.1. The maximum Gasteiger partial charge on any atom is 0.136 e. The van der Waals surface area contributed by atoms with Crippen LogP contribution in [0, 0.1) is 0 Å². The summed E-state index contributed by atoms with van der Waals surface area (Å²) in [6.45, 7) is 0. The molecule has 0 spiro atoms. The lowest BCUT2D eigenvalue weighted by molar-refractivity contribution is 0.669. The lowest BCUT2D eigenvalue weighted by Gasteiger charge is -2.09. The van der Waals surface area contributed by atoms with Crippen molar-refractivity contribution in [3.05, 3.63) is 194 Å². The van der Waals surface area contributed by atoms with Crippen molar-refractivity contribution < 1.29 is 4.42 Å². The Morgan fingerprint density at radius 1 is 0.328 bits per heavy atom. The Morgan fingerprint density at radius 2 is 0.914 bits per heavy atom. The zero-order valence-corrected chi connectivity index (χ0v) is 32.0. The van der Waals surface area contributed by atoms with Gasteiger partial charge in [0.15, 0.2) is 0 Å². The van der Waals surface area contributed by atoms with Gasteiger partial charge in [-0.25, -0.2) is 0 Å². The van der Waals surface area contributed by atoms with Gasteiger partial charge < -0.3 is 13.6 Å². The van der Waals surface area contributed by atoms with E-state index in [9.17, 15) is 0 Å². The van der Waals surface area contributed by atoms with Gasteiger partial charge in [0.1, 0.15) is 11.2 Å². The Hall–Kier alpha value is -7.40. The summed E-state index contributed by atoms with van der Waals surface area (Å²) in [6.07, 6.45) is 0. The quantitative estimate of drug-likeness (QED) is 0.175. The Bertz CT molecular complexity index is 3790. The molecule has 270 valence electrons. The summed E-state index contributed by atoms with van der Waals surface area (Å²) >= 11 is 1.87. The molecule has 0 amide bonds. The van der Waals surface area contributed by atoms with Crippen LogP contribution >= 0.6 is 11.3 Å². The maximum absolute atomic E-state index is 6.58. The van der Waals surface area contributed by atoms with Gasteiger partial charge in [-0.2, -0.15) is 0 Å². The summed E-state index contributed by atoms with van der Waals surface area (Å²) in [5, 5.41) is 9.86. The highest BCUT2D eigenvalue weighted by Crippen LogP contribution is 2.44. The second-order valence-electron chi connectivity index (χ2n) is 15.3.